The van der Waals surface area contributed by atoms with Crippen LogP contribution in [-0.4, -0.2) is 41.5 Å². The van der Waals surface area contributed by atoms with Gasteiger partial charge in [-0.15, -0.1) is 0 Å². The smallest absolute Gasteiger partial charge is 0.389 e. The van der Waals surface area contributed by atoms with Crippen LogP contribution in [-0.2, 0) is 9.31 Å². The first-order valence-electron chi connectivity index (χ1n) is 8.72. The van der Waals surface area contributed by atoms with Crippen molar-refractivity contribution in [1.29, 1.82) is 0 Å². The van der Waals surface area contributed by atoms with Crippen molar-refractivity contribution in [2.75, 3.05) is 0 Å². The second kappa shape index (κ2) is 5.09. The molecule has 1 fully saturated rings. The minimum Gasteiger partial charge on any atom is -0.389 e. The number of Topliss-reactive ketones (excluding diaryl/α,β-unsaturated/α-hetero) is 4. The summed E-state index contributed by atoms with van der Waals surface area (Å²) in [6.45, 7) is 1.73. The normalized spacial score (nSPS) is 21.4. The highest BCUT2D eigenvalue weighted by atomic mass is 16.7. The Morgan fingerprint density at radius 3 is 1.22 bits per heavy atom. The van der Waals surface area contributed by atoms with Gasteiger partial charge in [0, 0.05) is 22.3 Å². The van der Waals surface area contributed by atoms with E-state index in [1.54, 1.807) is 31.2 Å². The van der Waals surface area contributed by atoms with Gasteiger partial charge in [0.1, 0.15) is 0 Å². The summed E-state index contributed by atoms with van der Waals surface area (Å²) in [6, 6.07) is 12.5. The zero-order valence-corrected chi connectivity index (χ0v) is 14.4. The van der Waals surface area contributed by atoms with Gasteiger partial charge in [0.2, 0.25) is 34.3 Å². The van der Waals surface area contributed by atoms with Crippen molar-refractivity contribution in [2.24, 2.45) is 0 Å². The fraction of sp³-hybridized carbons (Fsp3) is 0.200. The highest BCUT2D eigenvalue weighted by Crippen LogP contribution is 2.53. The van der Waals surface area contributed by atoms with Crippen molar-refractivity contribution in [3.8, 4) is 0 Å². The molecule has 0 amide bonds. The van der Waals surface area contributed by atoms with E-state index in [4.69, 9.17) is 9.31 Å². The summed E-state index contributed by atoms with van der Waals surface area (Å²) >= 11 is 0. The zero-order valence-electron chi connectivity index (χ0n) is 14.4. The topological polar surface area (TPSA) is 86.7 Å². The molecular weight excluding hydrogens is 347 g/mol. The Morgan fingerprint density at radius 1 is 0.667 bits per heavy atom. The van der Waals surface area contributed by atoms with E-state index in [1.807, 2.05) is 0 Å². The lowest BCUT2D eigenvalue weighted by atomic mass is 9.75. The van der Waals surface area contributed by atoms with Crippen LogP contribution in [0.2, 0.25) is 6.32 Å². The van der Waals surface area contributed by atoms with Crippen LogP contribution in [0.5, 0.6) is 0 Å². The molecule has 2 aromatic carbocycles. The molecule has 0 saturated carbocycles. The molecule has 1 saturated heterocycles. The van der Waals surface area contributed by atoms with Gasteiger partial charge >= 0.3 is 7.12 Å². The minimum absolute atomic E-state index is 0.138. The van der Waals surface area contributed by atoms with Gasteiger partial charge in [0.25, 0.3) is 0 Å². The summed E-state index contributed by atoms with van der Waals surface area (Å²) in [7, 11) is -1.02. The zero-order chi connectivity index (χ0) is 19.0. The molecule has 0 atom stereocenters. The summed E-state index contributed by atoms with van der Waals surface area (Å²) in [5, 5.41) is 0. The number of ketones is 4. The predicted octanol–water partition coefficient (Wildman–Crippen LogP) is 2.18. The fourth-order valence-electron chi connectivity index (χ4n) is 4.33. The molecule has 3 aliphatic rings. The van der Waals surface area contributed by atoms with Crippen molar-refractivity contribution < 1.29 is 28.5 Å². The quantitative estimate of drug-likeness (QED) is 0.572. The van der Waals surface area contributed by atoms with E-state index >= 15 is 0 Å². The van der Waals surface area contributed by atoms with Crippen molar-refractivity contribution >= 4 is 30.3 Å². The molecule has 1 heterocycles. The molecule has 0 aromatic heterocycles. The number of rotatable bonds is 1. The van der Waals surface area contributed by atoms with Gasteiger partial charge in [-0.3, -0.25) is 19.2 Å². The van der Waals surface area contributed by atoms with Gasteiger partial charge < -0.3 is 9.31 Å². The summed E-state index contributed by atoms with van der Waals surface area (Å²) in [5.74, 6) is -2.80. The molecule has 0 radical (unpaired) electrons. The maximum atomic E-state index is 13.4. The highest BCUT2D eigenvalue weighted by Gasteiger charge is 2.80. The summed E-state index contributed by atoms with van der Waals surface area (Å²) in [4.78, 5) is 53.5. The molecular formula is C20H13BO6. The highest BCUT2D eigenvalue weighted by molar-refractivity contribution is 6.54. The van der Waals surface area contributed by atoms with Crippen LogP contribution >= 0.6 is 0 Å². The second-order valence-electron chi connectivity index (χ2n) is 6.84. The van der Waals surface area contributed by atoms with E-state index in [0.717, 1.165) is 0 Å². The summed E-state index contributed by atoms with van der Waals surface area (Å²) in [6.07, 6.45) is 0.275. The summed E-state index contributed by atoms with van der Waals surface area (Å²) < 4.78 is 11.6. The molecule has 2 spiro atoms. The first kappa shape index (κ1) is 16.3. The molecule has 132 valence electrons. The maximum absolute atomic E-state index is 13.4. The van der Waals surface area contributed by atoms with E-state index in [2.05, 4.69) is 0 Å². The SMILES string of the molecule is CCB1OC2(C(=O)c3ccccc3C2=O)C2(O1)C(=O)c1ccccc1C2=O. The molecule has 1 aliphatic heterocycles. The Morgan fingerprint density at radius 2 is 0.963 bits per heavy atom. The van der Waals surface area contributed by atoms with Crippen LogP contribution in [0.25, 0.3) is 0 Å². The largest absolute Gasteiger partial charge is 0.458 e. The first-order valence-corrected chi connectivity index (χ1v) is 8.72. The van der Waals surface area contributed by atoms with E-state index in [1.165, 1.54) is 24.3 Å². The lowest BCUT2D eigenvalue weighted by Crippen LogP contribution is -2.65. The Bertz CT molecular complexity index is 918. The van der Waals surface area contributed by atoms with Gasteiger partial charge in [-0.1, -0.05) is 55.5 Å². The molecule has 2 aromatic rings. The van der Waals surface area contributed by atoms with Crippen LogP contribution in [0.4, 0.5) is 0 Å². The summed E-state index contributed by atoms with van der Waals surface area (Å²) in [5.41, 5.74) is -4.08. The Kier molecular flexibility index (Phi) is 3.07. The van der Waals surface area contributed by atoms with Crippen molar-refractivity contribution in [3.05, 3.63) is 70.8 Å². The standard InChI is InChI=1S/C20H13BO6/c1-2-21-26-19(15(22)11-7-3-4-8-12(11)16(19)23)20(27-21)17(24)13-9-5-6-10-14(13)18(20)25/h3-10H,2H2,1H3. The second-order valence-corrected chi connectivity index (χ2v) is 6.84. The van der Waals surface area contributed by atoms with Crippen molar-refractivity contribution in [1.82, 2.24) is 0 Å². The third kappa shape index (κ3) is 1.60. The van der Waals surface area contributed by atoms with Gasteiger partial charge in [0.15, 0.2) is 0 Å². The number of hydrogen-bond acceptors (Lipinski definition) is 6. The third-order valence-electron chi connectivity index (χ3n) is 5.56. The average molecular weight is 360 g/mol. The number of benzene rings is 2. The van der Waals surface area contributed by atoms with Crippen LogP contribution in [0.3, 0.4) is 0 Å². The monoisotopic (exact) mass is 360 g/mol. The number of carbonyl (C=O) groups is 4. The number of hydrogen-bond donors (Lipinski definition) is 0. The van der Waals surface area contributed by atoms with Crippen molar-refractivity contribution in [2.45, 2.75) is 24.4 Å². The Balaban J connectivity index is 1.81. The van der Waals surface area contributed by atoms with Gasteiger partial charge in [0.05, 0.1) is 0 Å². The van der Waals surface area contributed by atoms with E-state index in [0.29, 0.717) is 0 Å². The third-order valence-corrected chi connectivity index (χ3v) is 5.56. The maximum Gasteiger partial charge on any atom is 0.458 e. The van der Waals surface area contributed by atoms with Gasteiger partial charge in [-0.2, -0.15) is 0 Å². The van der Waals surface area contributed by atoms with E-state index < -0.39 is 41.5 Å². The average Bonchev–Trinajstić information content (AvgIpc) is 3.25. The molecule has 27 heavy (non-hydrogen) atoms. The van der Waals surface area contributed by atoms with Gasteiger partial charge in [-0.05, 0) is 6.32 Å². The Hall–Kier alpha value is -2.90. The molecule has 7 heteroatoms. The van der Waals surface area contributed by atoms with Crippen LogP contribution < -0.4 is 0 Å². The number of carbonyl (C=O) groups excluding carboxylic acids is 4. The molecule has 5 rings (SSSR count). The van der Waals surface area contributed by atoms with Gasteiger partial charge in [-0.25, -0.2) is 0 Å². The molecule has 6 nitrogen and oxygen atoms in total. The van der Waals surface area contributed by atoms with Crippen molar-refractivity contribution in [3.63, 3.8) is 0 Å². The molecule has 0 N–H and O–H groups in total. The minimum atomic E-state index is -2.31. The van der Waals surface area contributed by atoms with Crippen LogP contribution in [0, 0.1) is 0 Å². The van der Waals surface area contributed by atoms with E-state index in [9.17, 15) is 19.2 Å². The lowest BCUT2D eigenvalue weighted by molar-refractivity contribution is 0.00229. The predicted molar refractivity (Wildman–Crippen MR) is 94.1 cm³/mol. The first-order chi connectivity index (χ1) is 13.0. The Labute approximate surface area is 154 Å². The fourth-order valence-corrected chi connectivity index (χ4v) is 4.33. The van der Waals surface area contributed by atoms with E-state index in [-0.39, 0.29) is 28.6 Å². The molecule has 0 unspecified atom stereocenters. The molecule has 2 aliphatic carbocycles. The number of fused-ring (bicyclic) bond motifs is 3. The molecule has 0 bridgehead atoms. The lowest BCUT2D eigenvalue weighted by Gasteiger charge is -2.32. The van der Waals surface area contributed by atoms with Crippen LogP contribution in [0.15, 0.2) is 48.5 Å². The van der Waals surface area contributed by atoms with Crippen LogP contribution in [0.1, 0.15) is 48.4 Å².